The van der Waals surface area contributed by atoms with Crippen molar-refractivity contribution < 1.29 is 9.90 Å². The topological polar surface area (TPSA) is 40.5 Å². The Morgan fingerprint density at radius 1 is 1.53 bits per heavy atom. The van der Waals surface area contributed by atoms with E-state index in [0.29, 0.717) is 12.3 Å². The zero-order chi connectivity index (χ0) is 11.3. The number of aliphatic hydroxyl groups excluding tert-OH is 1. The Morgan fingerprint density at radius 3 is 2.80 bits per heavy atom. The lowest BCUT2D eigenvalue weighted by atomic mass is 9.87. The van der Waals surface area contributed by atoms with Crippen LogP contribution in [0.5, 0.6) is 0 Å². The monoisotopic (exact) mass is 325 g/mol. The molecule has 2 unspecified atom stereocenters. The number of rotatable bonds is 4. The van der Waals surface area contributed by atoms with Crippen LogP contribution in [0.15, 0.2) is 0 Å². The first-order chi connectivity index (χ1) is 7.22. The number of carbonyl (C=O) groups excluding carboxylic acids is 1. The number of piperidine rings is 1. The lowest BCUT2D eigenvalue weighted by molar-refractivity contribution is -0.134. The van der Waals surface area contributed by atoms with Crippen molar-refractivity contribution in [2.24, 2.45) is 11.8 Å². The van der Waals surface area contributed by atoms with Gasteiger partial charge in [-0.2, -0.15) is 0 Å². The lowest BCUT2D eigenvalue weighted by Gasteiger charge is -2.37. The third kappa shape index (κ3) is 3.59. The molecule has 0 radical (unpaired) electrons. The Labute approximate surface area is 105 Å². The van der Waals surface area contributed by atoms with E-state index in [1.54, 1.807) is 0 Å². The van der Waals surface area contributed by atoms with Gasteiger partial charge in [-0.3, -0.25) is 4.79 Å². The Hall–Kier alpha value is 0.160. The van der Waals surface area contributed by atoms with Gasteiger partial charge in [-0.15, -0.1) is 0 Å². The van der Waals surface area contributed by atoms with Crippen molar-refractivity contribution in [3.8, 4) is 0 Å². The molecule has 0 aromatic carbocycles. The van der Waals surface area contributed by atoms with Crippen LogP contribution in [-0.2, 0) is 4.79 Å². The third-order valence-corrected chi connectivity index (χ3v) is 4.27. The van der Waals surface area contributed by atoms with Crippen LogP contribution in [0.2, 0.25) is 0 Å². The molecule has 2 atom stereocenters. The van der Waals surface area contributed by atoms with E-state index in [4.69, 9.17) is 0 Å². The van der Waals surface area contributed by atoms with E-state index in [-0.39, 0.29) is 18.4 Å². The van der Waals surface area contributed by atoms with Crippen molar-refractivity contribution in [3.63, 3.8) is 0 Å². The first kappa shape index (κ1) is 13.2. The van der Waals surface area contributed by atoms with E-state index in [2.05, 4.69) is 22.6 Å². The van der Waals surface area contributed by atoms with Gasteiger partial charge in [0.05, 0.1) is 0 Å². The third-order valence-electron chi connectivity index (χ3n) is 3.14. The molecule has 0 aromatic heterocycles. The van der Waals surface area contributed by atoms with Crippen LogP contribution < -0.4 is 0 Å². The van der Waals surface area contributed by atoms with Crippen LogP contribution in [0.3, 0.4) is 0 Å². The summed E-state index contributed by atoms with van der Waals surface area (Å²) in [5.41, 5.74) is 0. The molecule has 0 bridgehead atoms. The zero-order valence-electron chi connectivity index (χ0n) is 9.29. The smallest absolute Gasteiger partial charge is 0.222 e. The molecule has 1 aliphatic rings. The van der Waals surface area contributed by atoms with E-state index < -0.39 is 0 Å². The number of aliphatic hydroxyl groups is 1. The molecule has 15 heavy (non-hydrogen) atoms. The number of hydrogen-bond donors (Lipinski definition) is 1. The highest BCUT2D eigenvalue weighted by atomic mass is 127. The fourth-order valence-electron chi connectivity index (χ4n) is 2.09. The second-order valence-corrected chi connectivity index (χ2v) is 5.12. The van der Waals surface area contributed by atoms with E-state index in [1.165, 1.54) is 0 Å². The summed E-state index contributed by atoms with van der Waals surface area (Å²) < 4.78 is 1.08. The average molecular weight is 325 g/mol. The normalized spacial score (nSPS) is 26.7. The Bertz CT molecular complexity index is 211. The van der Waals surface area contributed by atoms with Gasteiger partial charge in [-0.25, -0.2) is 0 Å². The van der Waals surface area contributed by atoms with Gasteiger partial charge in [-0.05, 0) is 18.8 Å². The van der Waals surface area contributed by atoms with Gasteiger partial charge in [0.15, 0.2) is 0 Å². The number of nitrogens with zero attached hydrogens (tertiary/aromatic N) is 1. The highest BCUT2D eigenvalue weighted by Crippen LogP contribution is 2.25. The predicted molar refractivity (Wildman–Crippen MR) is 69.1 cm³/mol. The van der Waals surface area contributed by atoms with Crippen LogP contribution in [0.25, 0.3) is 0 Å². The number of amides is 1. The number of hydrogen-bond acceptors (Lipinski definition) is 2. The van der Waals surface area contributed by atoms with Crippen LogP contribution in [0, 0.1) is 11.8 Å². The molecule has 1 rings (SSSR count). The average Bonchev–Trinajstić information content (AvgIpc) is 2.28. The molecular weight excluding hydrogens is 305 g/mol. The molecule has 1 N–H and O–H groups in total. The number of likely N-dealkylation sites (tertiary alicyclic amines) is 1. The van der Waals surface area contributed by atoms with E-state index in [0.717, 1.165) is 30.4 Å². The SMILES string of the molecule is CCCC(=O)N1CCC(CI)C(CO)C1. The fourth-order valence-corrected chi connectivity index (χ4v) is 3.25. The molecule has 4 heteroatoms. The van der Waals surface area contributed by atoms with Gasteiger partial charge in [0.1, 0.15) is 0 Å². The highest BCUT2D eigenvalue weighted by Gasteiger charge is 2.29. The molecule has 0 aliphatic carbocycles. The summed E-state index contributed by atoms with van der Waals surface area (Å²) in [6.07, 6.45) is 2.60. The largest absolute Gasteiger partial charge is 0.396 e. The summed E-state index contributed by atoms with van der Waals surface area (Å²) >= 11 is 2.37. The van der Waals surface area contributed by atoms with Gasteiger partial charge in [0.2, 0.25) is 5.91 Å². The van der Waals surface area contributed by atoms with Gasteiger partial charge >= 0.3 is 0 Å². The predicted octanol–water partition coefficient (Wildman–Crippen LogP) is 1.68. The molecular formula is C11H20INO2. The van der Waals surface area contributed by atoms with Crippen molar-refractivity contribution in [2.45, 2.75) is 26.2 Å². The minimum atomic E-state index is 0.212. The van der Waals surface area contributed by atoms with Gasteiger partial charge in [0, 0.05) is 36.5 Å². The molecule has 1 amide bonds. The minimum Gasteiger partial charge on any atom is -0.396 e. The van der Waals surface area contributed by atoms with Crippen LogP contribution in [0.1, 0.15) is 26.2 Å². The number of halogens is 1. The maximum Gasteiger partial charge on any atom is 0.222 e. The molecule has 1 saturated heterocycles. The zero-order valence-corrected chi connectivity index (χ0v) is 11.4. The van der Waals surface area contributed by atoms with E-state index in [1.807, 2.05) is 11.8 Å². The highest BCUT2D eigenvalue weighted by molar-refractivity contribution is 14.1. The van der Waals surface area contributed by atoms with Crippen molar-refractivity contribution >= 4 is 28.5 Å². The molecule has 0 saturated carbocycles. The van der Waals surface area contributed by atoms with E-state index >= 15 is 0 Å². The maximum absolute atomic E-state index is 11.7. The maximum atomic E-state index is 11.7. The van der Waals surface area contributed by atoms with Crippen molar-refractivity contribution in [1.29, 1.82) is 0 Å². The number of alkyl halides is 1. The number of carbonyl (C=O) groups is 1. The van der Waals surface area contributed by atoms with Crippen LogP contribution in [0.4, 0.5) is 0 Å². The summed E-state index contributed by atoms with van der Waals surface area (Å²) in [5.74, 6) is 1.13. The summed E-state index contributed by atoms with van der Waals surface area (Å²) in [5, 5.41) is 9.28. The molecule has 88 valence electrons. The van der Waals surface area contributed by atoms with Crippen LogP contribution in [-0.4, -0.2) is 40.0 Å². The molecule has 3 nitrogen and oxygen atoms in total. The van der Waals surface area contributed by atoms with Gasteiger partial charge < -0.3 is 10.0 Å². The summed E-state index contributed by atoms with van der Waals surface area (Å²) in [6, 6.07) is 0. The van der Waals surface area contributed by atoms with Crippen molar-refractivity contribution in [2.75, 3.05) is 24.1 Å². The quantitative estimate of drug-likeness (QED) is 0.631. The minimum absolute atomic E-state index is 0.212. The van der Waals surface area contributed by atoms with Gasteiger partial charge in [-0.1, -0.05) is 29.5 Å². The summed E-state index contributed by atoms with van der Waals surface area (Å²) in [7, 11) is 0. The van der Waals surface area contributed by atoms with E-state index in [9.17, 15) is 9.90 Å². The Balaban J connectivity index is 2.48. The Morgan fingerprint density at radius 2 is 2.27 bits per heavy atom. The molecule has 1 fully saturated rings. The van der Waals surface area contributed by atoms with Crippen molar-refractivity contribution in [3.05, 3.63) is 0 Å². The first-order valence-corrected chi connectivity index (χ1v) is 7.20. The first-order valence-electron chi connectivity index (χ1n) is 5.67. The lowest BCUT2D eigenvalue weighted by Crippen LogP contribution is -2.45. The fraction of sp³-hybridized carbons (Fsp3) is 0.909. The summed E-state index contributed by atoms with van der Waals surface area (Å²) in [6.45, 7) is 3.87. The second kappa shape index (κ2) is 6.68. The van der Waals surface area contributed by atoms with Crippen LogP contribution >= 0.6 is 22.6 Å². The molecule has 0 spiro atoms. The molecule has 1 aliphatic heterocycles. The Kier molecular flexibility index (Phi) is 5.89. The van der Waals surface area contributed by atoms with Gasteiger partial charge in [0.25, 0.3) is 0 Å². The standard InChI is InChI=1S/C11H20INO2/c1-2-3-11(15)13-5-4-9(6-12)10(7-13)8-14/h9-10,14H,2-8H2,1H3. The molecule has 1 heterocycles. The van der Waals surface area contributed by atoms with Crippen molar-refractivity contribution in [1.82, 2.24) is 4.90 Å². The summed E-state index contributed by atoms with van der Waals surface area (Å²) in [4.78, 5) is 13.6. The molecule has 0 aromatic rings. The second-order valence-electron chi connectivity index (χ2n) is 4.24.